The van der Waals surface area contributed by atoms with Crippen LogP contribution >= 0.6 is 0 Å². The molecule has 2 bridgehead atoms. The van der Waals surface area contributed by atoms with E-state index in [1.807, 2.05) is 35.9 Å². The van der Waals surface area contributed by atoms with Crippen LogP contribution in [0.25, 0.3) is 0 Å². The van der Waals surface area contributed by atoms with Gasteiger partial charge in [0.15, 0.2) is 5.69 Å². The molecule has 0 spiro atoms. The number of rotatable bonds is 5. The first-order chi connectivity index (χ1) is 18.4. The lowest BCUT2D eigenvalue weighted by molar-refractivity contribution is 0.0936. The van der Waals surface area contributed by atoms with Gasteiger partial charge in [0, 0.05) is 30.6 Å². The maximum Gasteiger partial charge on any atom is 0.272 e. The van der Waals surface area contributed by atoms with Crippen LogP contribution in [0.2, 0.25) is 0 Å². The third-order valence-electron chi connectivity index (χ3n) is 8.23. The highest BCUT2D eigenvalue weighted by Crippen LogP contribution is 2.41. The Morgan fingerprint density at radius 1 is 1.08 bits per heavy atom. The maximum atomic E-state index is 14.2. The third kappa shape index (κ3) is 4.93. The number of hydrogen-bond donors (Lipinski definition) is 2. The van der Waals surface area contributed by atoms with Crippen LogP contribution in [-0.4, -0.2) is 45.8 Å². The molecule has 2 aromatic carbocycles. The Bertz CT molecular complexity index is 1400. The molecule has 38 heavy (non-hydrogen) atoms. The van der Waals surface area contributed by atoms with Gasteiger partial charge in [-0.1, -0.05) is 35.7 Å². The van der Waals surface area contributed by atoms with E-state index in [2.05, 4.69) is 34.2 Å². The van der Waals surface area contributed by atoms with Crippen molar-refractivity contribution in [3.63, 3.8) is 0 Å². The van der Waals surface area contributed by atoms with E-state index in [1.165, 1.54) is 31.0 Å². The summed E-state index contributed by atoms with van der Waals surface area (Å²) in [6.07, 6.45) is 4.52. The molecule has 1 aromatic heterocycles. The number of likely N-dealkylation sites (tertiary alicyclic amines) is 1. The zero-order valence-electron chi connectivity index (χ0n) is 21.8. The standard InChI is InChI=1S/C31H33FN4O2/c1-19-3-5-20(6-4-19)30(27-15-23(32)9-14-29(27)37)33-31(38)28-16-25(36(34-28)24-10-11-24)12-13-26-21-7-8-22(26)18-35(2)17-21/h3-6,9,14-16,21-22,24,26,30,37H,7-8,10-11,17-18H2,1-2H3,(H,33,38)/t21-,22+,26?,30?. The van der Waals surface area contributed by atoms with Gasteiger partial charge in [-0.25, -0.2) is 4.39 Å². The zero-order valence-corrected chi connectivity index (χ0v) is 21.8. The number of nitrogens with one attached hydrogen (secondary N) is 1. The Kier molecular flexibility index (Phi) is 6.45. The Labute approximate surface area is 222 Å². The molecule has 2 heterocycles. The number of fused-ring (bicyclic) bond motifs is 2. The number of nitrogens with zero attached hydrogens (tertiary/aromatic N) is 3. The summed E-state index contributed by atoms with van der Waals surface area (Å²) in [5, 5.41) is 18.2. The second kappa shape index (κ2) is 9.92. The van der Waals surface area contributed by atoms with Crippen LogP contribution in [0.1, 0.15) is 70.6 Å². The fourth-order valence-electron chi connectivity index (χ4n) is 6.11. The number of hydrogen-bond acceptors (Lipinski definition) is 4. The second-order valence-corrected chi connectivity index (χ2v) is 11.2. The summed E-state index contributed by atoms with van der Waals surface area (Å²) in [7, 11) is 2.19. The molecule has 7 heteroatoms. The number of piperidine rings is 1. The normalized spacial score (nSPS) is 23.5. The molecule has 3 fully saturated rings. The van der Waals surface area contributed by atoms with Crippen LogP contribution < -0.4 is 5.32 Å². The molecule has 4 atom stereocenters. The molecule has 2 unspecified atom stereocenters. The highest BCUT2D eigenvalue weighted by molar-refractivity contribution is 5.93. The van der Waals surface area contributed by atoms with Crippen molar-refractivity contribution in [2.75, 3.05) is 20.1 Å². The van der Waals surface area contributed by atoms with Gasteiger partial charge in [-0.3, -0.25) is 9.48 Å². The molecule has 6 nitrogen and oxygen atoms in total. The molecule has 2 aliphatic carbocycles. The zero-order chi connectivity index (χ0) is 26.4. The number of carbonyl (C=O) groups excluding carboxylic acids is 1. The summed E-state index contributed by atoms with van der Waals surface area (Å²) < 4.78 is 16.1. The molecule has 3 aliphatic rings. The Morgan fingerprint density at radius 2 is 1.79 bits per heavy atom. The van der Waals surface area contributed by atoms with E-state index in [4.69, 9.17) is 0 Å². The lowest BCUT2D eigenvalue weighted by atomic mass is 9.86. The SMILES string of the molecule is Cc1ccc(C(NC(=O)c2cc(C#CC3[C@@H]4CC[C@H]3CN(C)C4)n(C3CC3)n2)c2cc(F)ccc2O)cc1. The Morgan fingerprint density at radius 3 is 2.47 bits per heavy atom. The second-order valence-electron chi connectivity index (χ2n) is 11.2. The van der Waals surface area contributed by atoms with E-state index in [0.29, 0.717) is 23.3 Å². The van der Waals surface area contributed by atoms with E-state index in [0.717, 1.165) is 42.8 Å². The van der Waals surface area contributed by atoms with Crippen LogP contribution in [0, 0.1) is 42.3 Å². The number of aryl methyl sites for hydroxylation is 1. The van der Waals surface area contributed by atoms with E-state index >= 15 is 0 Å². The molecule has 2 saturated carbocycles. The summed E-state index contributed by atoms with van der Waals surface area (Å²) >= 11 is 0. The van der Waals surface area contributed by atoms with Gasteiger partial charge in [-0.05, 0) is 81.2 Å². The summed E-state index contributed by atoms with van der Waals surface area (Å²) in [6.45, 7) is 4.17. The molecule has 0 radical (unpaired) electrons. The van der Waals surface area contributed by atoms with Crippen molar-refractivity contribution < 1.29 is 14.3 Å². The van der Waals surface area contributed by atoms with Crippen molar-refractivity contribution >= 4 is 5.91 Å². The summed E-state index contributed by atoms with van der Waals surface area (Å²) in [6, 6.07) is 12.7. The first kappa shape index (κ1) is 24.7. The van der Waals surface area contributed by atoms with Crippen molar-refractivity contribution in [3.8, 4) is 17.6 Å². The molecular weight excluding hydrogens is 479 g/mol. The number of amides is 1. The van der Waals surface area contributed by atoms with Crippen molar-refractivity contribution in [2.45, 2.75) is 44.7 Å². The van der Waals surface area contributed by atoms with Crippen LogP contribution in [0.3, 0.4) is 0 Å². The fraction of sp³-hybridized carbons (Fsp3) is 0.419. The van der Waals surface area contributed by atoms with Crippen molar-refractivity contribution in [1.82, 2.24) is 20.0 Å². The Balaban J connectivity index is 1.29. The van der Waals surface area contributed by atoms with E-state index < -0.39 is 11.9 Å². The molecule has 6 rings (SSSR count). The first-order valence-electron chi connectivity index (χ1n) is 13.5. The van der Waals surface area contributed by atoms with Crippen LogP contribution in [0.5, 0.6) is 5.75 Å². The van der Waals surface area contributed by atoms with Gasteiger partial charge in [0.1, 0.15) is 17.3 Å². The third-order valence-corrected chi connectivity index (χ3v) is 8.23. The fourth-order valence-corrected chi connectivity index (χ4v) is 6.11. The Hall–Kier alpha value is -3.63. The van der Waals surface area contributed by atoms with Gasteiger partial charge in [-0.2, -0.15) is 5.10 Å². The number of halogens is 1. The monoisotopic (exact) mass is 512 g/mol. The minimum atomic E-state index is -0.741. The lowest BCUT2D eigenvalue weighted by Crippen LogP contribution is -2.38. The number of phenols is 1. The summed E-state index contributed by atoms with van der Waals surface area (Å²) in [5.74, 6) is 7.62. The lowest BCUT2D eigenvalue weighted by Gasteiger charge is -2.33. The summed E-state index contributed by atoms with van der Waals surface area (Å²) in [4.78, 5) is 15.9. The van der Waals surface area contributed by atoms with E-state index in [-0.39, 0.29) is 23.4 Å². The molecule has 2 N–H and O–H groups in total. The molecule has 1 amide bonds. The number of benzene rings is 2. The molecular formula is C31H33FN4O2. The van der Waals surface area contributed by atoms with Crippen LogP contribution in [0.4, 0.5) is 4.39 Å². The average Bonchev–Trinajstić information content (AvgIpc) is 3.60. The number of phenolic OH excluding ortho intramolecular Hbond substituents is 1. The molecule has 196 valence electrons. The van der Waals surface area contributed by atoms with Crippen LogP contribution in [0.15, 0.2) is 48.5 Å². The predicted molar refractivity (Wildman–Crippen MR) is 143 cm³/mol. The van der Waals surface area contributed by atoms with Gasteiger partial charge in [-0.15, -0.1) is 0 Å². The largest absolute Gasteiger partial charge is 0.508 e. The smallest absolute Gasteiger partial charge is 0.272 e. The average molecular weight is 513 g/mol. The van der Waals surface area contributed by atoms with Gasteiger partial charge in [0.05, 0.1) is 12.1 Å². The first-order valence-corrected chi connectivity index (χ1v) is 13.5. The molecule has 1 saturated heterocycles. The van der Waals surface area contributed by atoms with E-state index in [9.17, 15) is 14.3 Å². The highest BCUT2D eigenvalue weighted by Gasteiger charge is 2.40. The number of carbonyl (C=O) groups is 1. The highest BCUT2D eigenvalue weighted by atomic mass is 19.1. The maximum absolute atomic E-state index is 14.2. The van der Waals surface area contributed by atoms with Crippen molar-refractivity contribution in [3.05, 3.63) is 82.4 Å². The molecule has 1 aliphatic heterocycles. The van der Waals surface area contributed by atoms with Crippen LogP contribution in [-0.2, 0) is 0 Å². The van der Waals surface area contributed by atoms with E-state index in [1.54, 1.807) is 6.07 Å². The quantitative estimate of drug-likeness (QED) is 0.481. The minimum absolute atomic E-state index is 0.0832. The topological polar surface area (TPSA) is 70.4 Å². The number of aromatic hydroxyl groups is 1. The van der Waals surface area contributed by atoms with Gasteiger partial charge in [0.25, 0.3) is 5.91 Å². The minimum Gasteiger partial charge on any atom is -0.508 e. The van der Waals surface area contributed by atoms with Gasteiger partial charge >= 0.3 is 0 Å². The summed E-state index contributed by atoms with van der Waals surface area (Å²) in [5.41, 5.74) is 3.15. The van der Waals surface area contributed by atoms with Crippen molar-refractivity contribution in [1.29, 1.82) is 0 Å². The van der Waals surface area contributed by atoms with Gasteiger partial charge < -0.3 is 15.3 Å². The predicted octanol–water partition coefficient (Wildman–Crippen LogP) is 4.83. The van der Waals surface area contributed by atoms with Crippen molar-refractivity contribution in [2.24, 2.45) is 17.8 Å². The molecule has 3 aromatic rings. The van der Waals surface area contributed by atoms with Gasteiger partial charge in [0.2, 0.25) is 0 Å². The number of aromatic nitrogens is 2.